The Morgan fingerprint density at radius 1 is 1.04 bits per heavy atom. The molecule has 0 bridgehead atoms. The minimum absolute atomic E-state index is 0.0137. The summed E-state index contributed by atoms with van der Waals surface area (Å²) in [5.41, 5.74) is 2.12. The number of hydrogen-bond donors (Lipinski definition) is 1. The van der Waals surface area contributed by atoms with Crippen LogP contribution in [0.2, 0.25) is 0 Å². The molecule has 0 radical (unpaired) electrons. The van der Waals surface area contributed by atoms with E-state index in [-0.39, 0.29) is 11.9 Å². The molecule has 1 atom stereocenters. The van der Waals surface area contributed by atoms with E-state index in [0.29, 0.717) is 6.54 Å². The molecule has 3 heterocycles. The van der Waals surface area contributed by atoms with Gasteiger partial charge in [0.1, 0.15) is 0 Å². The quantitative estimate of drug-likeness (QED) is 0.726. The molecular weight excluding hydrogens is 342 g/mol. The minimum Gasteiger partial charge on any atom is -0.493 e. The van der Waals surface area contributed by atoms with Crippen LogP contribution < -0.4 is 0 Å². The van der Waals surface area contributed by atoms with Crippen molar-refractivity contribution >= 4 is 0 Å². The van der Waals surface area contributed by atoms with E-state index < -0.39 is 0 Å². The van der Waals surface area contributed by atoms with E-state index in [9.17, 15) is 5.11 Å². The lowest BCUT2D eigenvalue weighted by atomic mass is 10.1. The average molecular weight is 365 g/mol. The van der Waals surface area contributed by atoms with E-state index in [0.717, 1.165) is 43.1 Å². The molecule has 4 rings (SSSR count). The standard InChI is InChI=1S/C19H23N7O/c1-24-9-11-25(12-10-24)18(16-7-8-17(27)20-13-16)19-21-22-23-26(19)14-15-5-3-2-4-6-15/h2-8,13,18H,9-12,14H2,1H3,(H,20,27). The first-order chi connectivity index (χ1) is 13.2. The fourth-order valence-corrected chi connectivity index (χ4v) is 3.44. The molecule has 140 valence electrons. The summed E-state index contributed by atoms with van der Waals surface area (Å²) in [7, 11) is 2.13. The summed E-state index contributed by atoms with van der Waals surface area (Å²) in [6, 6.07) is 13.6. The van der Waals surface area contributed by atoms with Crippen molar-refractivity contribution in [1.29, 1.82) is 0 Å². The molecule has 8 nitrogen and oxygen atoms in total. The Kier molecular flexibility index (Phi) is 5.08. The molecule has 1 saturated heterocycles. The molecule has 1 aliphatic heterocycles. The van der Waals surface area contributed by atoms with Gasteiger partial charge in [0.15, 0.2) is 5.82 Å². The van der Waals surface area contributed by atoms with Crippen LogP contribution in [-0.2, 0) is 6.54 Å². The number of aromatic hydroxyl groups is 1. The molecule has 27 heavy (non-hydrogen) atoms. The van der Waals surface area contributed by atoms with E-state index in [2.05, 4.69) is 49.5 Å². The van der Waals surface area contributed by atoms with Crippen molar-refractivity contribution < 1.29 is 5.11 Å². The number of likely N-dealkylation sites (N-methyl/N-ethyl adjacent to an activating group) is 1. The number of aromatic nitrogens is 5. The molecule has 1 unspecified atom stereocenters. The fourth-order valence-electron chi connectivity index (χ4n) is 3.44. The van der Waals surface area contributed by atoms with Crippen LogP contribution in [-0.4, -0.2) is 73.3 Å². The van der Waals surface area contributed by atoms with E-state index in [1.807, 2.05) is 28.9 Å². The Labute approximate surface area is 158 Å². The third-order valence-corrected chi connectivity index (χ3v) is 4.97. The SMILES string of the molecule is CN1CCN(C(c2ccc(O)nc2)c2nnnn2Cc2ccccc2)CC1. The van der Waals surface area contributed by atoms with Crippen molar-refractivity contribution in [2.45, 2.75) is 12.6 Å². The van der Waals surface area contributed by atoms with Gasteiger partial charge in [-0.3, -0.25) is 4.90 Å². The van der Waals surface area contributed by atoms with Crippen LogP contribution in [0.25, 0.3) is 0 Å². The maximum absolute atomic E-state index is 9.59. The highest BCUT2D eigenvalue weighted by atomic mass is 16.3. The second-order valence-corrected chi connectivity index (χ2v) is 6.87. The third kappa shape index (κ3) is 3.96. The third-order valence-electron chi connectivity index (χ3n) is 4.97. The summed E-state index contributed by atoms with van der Waals surface area (Å²) >= 11 is 0. The molecule has 0 saturated carbocycles. The summed E-state index contributed by atoms with van der Waals surface area (Å²) in [6.45, 7) is 4.42. The largest absolute Gasteiger partial charge is 0.493 e. The van der Waals surface area contributed by atoms with Crippen LogP contribution in [0.4, 0.5) is 0 Å². The molecular formula is C19H23N7O. The van der Waals surface area contributed by atoms with Crippen LogP contribution >= 0.6 is 0 Å². The summed E-state index contributed by atoms with van der Waals surface area (Å²) in [5.74, 6) is 0.802. The van der Waals surface area contributed by atoms with Gasteiger partial charge >= 0.3 is 0 Å². The second kappa shape index (κ2) is 7.81. The van der Waals surface area contributed by atoms with E-state index in [4.69, 9.17) is 0 Å². The predicted molar refractivity (Wildman–Crippen MR) is 100 cm³/mol. The van der Waals surface area contributed by atoms with Crippen molar-refractivity contribution in [3.8, 4) is 5.88 Å². The molecule has 0 aliphatic carbocycles. The summed E-state index contributed by atoms with van der Waals surface area (Å²) < 4.78 is 1.85. The Balaban J connectivity index is 1.69. The molecule has 1 aliphatic rings. The molecule has 1 fully saturated rings. The minimum atomic E-state index is -0.106. The first-order valence-electron chi connectivity index (χ1n) is 9.08. The van der Waals surface area contributed by atoms with E-state index in [1.54, 1.807) is 12.3 Å². The van der Waals surface area contributed by atoms with E-state index >= 15 is 0 Å². The summed E-state index contributed by atoms with van der Waals surface area (Å²) in [4.78, 5) is 8.77. The number of rotatable bonds is 5. The fraction of sp³-hybridized carbons (Fsp3) is 0.368. The lowest BCUT2D eigenvalue weighted by molar-refractivity contribution is 0.121. The highest BCUT2D eigenvalue weighted by molar-refractivity contribution is 5.26. The monoisotopic (exact) mass is 365 g/mol. The zero-order valence-electron chi connectivity index (χ0n) is 15.3. The van der Waals surface area contributed by atoms with Gasteiger partial charge in [-0.25, -0.2) is 9.67 Å². The highest BCUT2D eigenvalue weighted by Crippen LogP contribution is 2.28. The molecule has 1 N–H and O–H groups in total. The van der Waals surface area contributed by atoms with Crippen molar-refractivity contribution in [2.75, 3.05) is 33.2 Å². The smallest absolute Gasteiger partial charge is 0.210 e. The lowest BCUT2D eigenvalue weighted by Crippen LogP contribution is -2.46. The maximum Gasteiger partial charge on any atom is 0.210 e. The van der Waals surface area contributed by atoms with Gasteiger partial charge in [-0.1, -0.05) is 36.4 Å². The number of hydrogen-bond acceptors (Lipinski definition) is 7. The Bertz CT molecular complexity index is 857. The second-order valence-electron chi connectivity index (χ2n) is 6.87. The number of tetrazole rings is 1. The first kappa shape index (κ1) is 17.6. The van der Waals surface area contributed by atoms with Gasteiger partial charge in [0.05, 0.1) is 12.6 Å². The van der Waals surface area contributed by atoms with Crippen molar-refractivity contribution in [1.82, 2.24) is 35.0 Å². The lowest BCUT2D eigenvalue weighted by Gasteiger charge is -2.37. The number of nitrogens with zero attached hydrogens (tertiary/aromatic N) is 7. The number of benzene rings is 1. The number of piperazine rings is 1. The molecule has 1 aromatic carbocycles. The van der Waals surface area contributed by atoms with Gasteiger partial charge in [-0.05, 0) is 28.6 Å². The molecule has 3 aromatic rings. The first-order valence-corrected chi connectivity index (χ1v) is 9.08. The van der Waals surface area contributed by atoms with E-state index in [1.165, 1.54) is 0 Å². The normalized spacial score (nSPS) is 17.1. The van der Waals surface area contributed by atoms with Gasteiger partial charge in [-0.15, -0.1) is 5.10 Å². The van der Waals surface area contributed by atoms with Crippen molar-refractivity contribution in [2.24, 2.45) is 0 Å². The molecule has 0 amide bonds. The summed E-state index contributed by atoms with van der Waals surface area (Å²) in [6.07, 6.45) is 1.71. The maximum atomic E-state index is 9.59. The highest BCUT2D eigenvalue weighted by Gasteiger charge is 2.30. The van der Waals surface area contributed by atoms with Gasteiger partial charge < -0.3 is 10.0 Å². The van der Waals surface area contributed by atoms with Crippen molar-refractivity contribution in [3.63, 3.8) is 0 Å². The molecule has 0 spiro atoms. The molecule has 8 heteroatoms. The van der Waals surface area contributed by atoms with Crippen LogP contribution in [0, 0.1) is 0 Å². The van der Waals surface area contributed by atoms with Gasteiger partial charge in [0.2, 0.25) is 5.88 Å². The average Bonchev–Trinajstić information content (AvgIpc) is 3.13. The molecule has 2 aromatic heterocycles. The van der Waals surface area contributed by atoms with Crippen LogP contribution in [0.1, 0.15) is 23.0 Å². The van der Waals surface area contributed by atoms with Crippen molar-refractivity contribution in [3.05, 3.63) is 65.6 Å². The van der Waals surface area contributed by atoms with Gasteiger partial charge in [0, 0.05) is 38.4 Å². The summed E-state index contributed by atoms with van der Waals surface area (Å²) in [5, 5.41) is 22.1. The number of pyridine rings is 1. The van der Waals surface area contributed by atoms with Crippen LogP contribution in [0.3, 0.4) is 0 Å². The van der Waals surface area contributed by atoms with Crippen LogP contribution in [0.5, 0.6) is 5.88 Å². The van der Waals surface area contributed by atoms with Gasteiger partial charge in [0.25, 0.3) is 0 Å². The Morgan fingerprint density at radius 2 is 1.81 bits per heavy atom. The zero-order chi connectivity index (χ0) is 18.6. The Hall–Kier alpha value is -2.84. The topological polar surface area (TPSA) is 83.2 Å². The predicted octanol–water partition coefficient (Wildman–Crippen LogP) is 1.16. The van der Waals surface area contributed by atoms with Gasteiger partial charge in [-0.2, -0.15) is 0 Å². The Morgan fingerprint density at radius 3 is 2.52 bits per heavy atom. The van der Waals surface area contributed by atoms with Crippen LogP contribution in [0.15, 0.2) is 48.7 Å². The zero-order valence-corrected chi connectivity index (χ0v) is 15.3.